The lowest BCUT2D eigenvalue weighted by Crippen LogP contribution is -2.43. The molecule has 1 rings (SSSR count). The van der Waals surface area contributed by atoms with Gasteiger partial charge in [0, 0.05) is 26.7 Å². The highest BCUT2D eigenvalue weighted by molar-refractivity contribution is 5.79. The highest BCUT2D eigenvalue weighted by Crippen LogP contribution is 2.20. The lowest BCUT2D eigenvalue weighted by atomic mass is 9.86. The van der Waals surface area contributed by atoms with E-state index in [2.05, 4.69) is 59.8 Å². The van der Waals surface area contributed by atoms with Crippen LogP contribution in [0.4, 0.5) is 0 Å². The van der Waals surface area contributed by atoms with E-state index in [1.165, 1.54) is 5.56 Å². The van der Waals surface area contributed by atoms with Gasteiger partial charge in [0.15, 0.2) is 5.96 Å². The number of ether oxygens (including phenoxy) is 1. The molecule has 0 saturated carbocycles. The number of benzene rings is 1. The summed E-state index contributed by atoms with van der Waals surface area (Å²) in [4.78, 5) is 4.23. The Labute approximate surface area is 129 Å². The molecule has 118 valence electrons. The molecule has 4 heteroatoms. The molecule has 0 aliphatic heterocycles. The van der Waals surface area contributed by atoms with Crippen molar-refractivity contribution in [2.75, 3.05) is 33.4 Å². The fraction of sp³-hybridized carbons (Fsp3) is 0.588. The number of nitrogens with one attached hydrogen (secondary N) is 2. The molecule has 1 aromatic carbocycles. The first-order chi connectivity index (χ1) is 10.1. The first kappa shape index (κ1) is 17.5. The summed E-state index contributed by atoms with van der Waals surface area (Å²) in [6.45, 7) is 9.62. The second-order valence-electron chi connectivity index (χ2n) is 5.88. The number of guanidine groups is 1. The van der Waals surface area contributed by atoms with Gasteiger partial charge in [0.2, 0.25) is 0 Å². The number of hydrogen-bond donors (Lipinski definition) is 2. The van der Waals surface area contributed by atoms with Gasteiger partial charge in [-0.25, -0.2) is 0 Å². The van der Waals surface area contributed by atoms with E-state index in [4.69, 9.17) is 4.74 Å². The molecule has 0 unspecified atom stereocenters. The summed E-state index contributed by atoms with van der Waals surface area (Å²) in [5.41, 5.74) is 1.53. The van der Waals surface area contributed by atoms with Crippen molar-refractivity contribution >= 4 is 5.96 Å². The first-order valence-corrected chi connectivity index (χ1v) is 7.63. The van der Waals surface area contributed by atoms with E-state index in [0.717, 1.165) is 32.1 Å². The van der Waals surface area contributed by atoms with Gasteiger partial charge in [-0.15, -0.1) is 0 Å². The average molecular weight is 291 g/mol. The highest BCUT2D eigenvalue weighted by Gasteiger charge is 2.18. The molecular formula is C17H29N3O. The lowest BCUT2D eigenvalue weighted by molar-refractivity contribution is 0.152. The van der Waals surface area contributed by atoms with Crippen LogP contribution >= 0.6 is 0 Å². The van der Waals surface area contributed by atoms with Crippen LogP contribution in [0.15, 0.2) is 35.3 Å². The third-order valence-electron chi connectivity index (χ3n) is 3.23. The quantitative estimate of drug-likeness (QED) is 0.439. The fourth-order valence-electron chi connectivity index (χ4n) is 2.14. The minimum atomic E-state index is 0.166. The molecule has 0 atom stereocenters. The summed E-state index contributed by atoms with van der Waals surface area (Å²) in [6.07, 6.45) is 1.04. The van der Waals surface area contributed by atoms with Gasteiger partial charge >= 0.3 is 0 Å². The molecule has 0 bridgehead atoms. The largest absolute Gasteiger partial charge is 0.380 e. The van der Waals surface area contributed by atoms with Gasteiger partial charge in [0.1, 0.15) is 0 Å². The number of rotatable bonds is 8. The maximum absolute atomic E-state index is 5.31. The van der Waals surface area contributed by atoms with E-state index in [9.17, 15) is 0 Å². The van der Waals surface area contributed by atoms with Gasteiger partial charge in [-0.2, -0.15) is 0 Å². The average Bonchev–Trinajstić information content (AvgIpc) is 2.47. The van der Waals surface area contributed by atoms with Crippen LogP contribution in [0.1, 0.15) is 26.3 Å². The molecule has 0 aliphatic carbocycles. The van der Waals surface area contributed by atoms with Crippen LogP contribution in [0.3, 0.4) is 0 Å². The summed E-state index contributed by atoms with van der Waals surface area (Å²) in [5, 5.41) is 6.64. The molecule has 4 nitrogen and oxygen atoms in total. The zero-order valence-electron chi connectivity index (χ0n) is 13.8. The normalized spacial score (nSPS) is 12.3. The maximum Gasteiger partial charge on any atom is 0.191 e. The van der Waals surface area contributed by atoms with E-state index in [-0.39, 0.29) is 5.41 Å². The monoisotopic (exact) mass is 291 g/mol. The Balaban J connectivity index is 2.36. The third-order valence-corrected chi connectivity index (χ3v) is 3.23. The Kier molecular flexibility index (Phi) is 7.83. The Hall–Kier alpha value is -1.55. The third kappa shape index (κ3) is 7.71. The zero-order valence-corrected chi connectivity index (χ0v) is 13.8. The highest BCUT2D eigenvalue weighted by atomic mass is 16.5. The number of nitrogens with zero attached hydrogens (tertiary/aromatic N) is 1. The minimum absolute atomic E-state index is 0.166. The first-order valence-electron chi connectivity index (χ1n) is 7.63. The SMILES string of the molecule is CCOCCNC(=NC)NCC(C)(C)Cc1ccccc1. The van der Waals surface area contributed by atoms with Gasteiger partial charge in [-0.05, 0) is 24.3 Å². The van der Waals surface area contributed by atoms with Crippen LogP contribution < -0.4 is 10.6 Å². The summed E-state index contributed by atoms with van der Waals surface area (Å²) >= 11 is 0. The van der Waals surface area contributed by atoms with Crippen LogP contribution in [0.2, 0.25) is 0 Å². The van der Waals surface area contributed by atoms with Crippen LogP contribution in [-0.4, -0.2) is 39.3 Å². The van der Waals surface area contributed by atoms with Gasteiger partial charge in [0.05, 0.1) is 6.61 Å². The van der Waals surface area contributed by atoms with Crippen molar-refractivity contribution in [3.63, 3.8) is 0 Å². The van der Waals surface area contributed by atoms with Crippen molar-refractivity contribution in [1.82, 2.24) is 10.6 Å². The van der Waals surface area contributed by atoms with Crippen molar-refractivity contribution in [3.8, 4) is 0 Å². The van der Waals surface area contributed by atoms with Crippen LogP contribution in [-0.2, 0) is 11.2 Å². The predicted octanol–water partition coefficient (Wildman–Crippen LogP) is 2.46. The topological polar surface area (TPSA) is 45.6 Å². The fourth-order valence-corrected chi connectivity index (χ4v) is 2.14. The van der Waals surface area contributed by atoms with Crippen LogP contribution in [0.25, 0.3) is 0 Å². The maximum atomic E-state index is 5.31. The van der Waals surface area contributed by atoms with Crippen LogP contribution in [0, 0.1) is 5.41 Å². The molecule has 2 N–H and O–H groups in total. The van der Waals surface area contributed by atoms with E-state index >= 15 is 0 Å². The van der Waals surface area contributed by atoms with E-state index in [0.29, 0.717) is 6.61 Å². The van der Waals surface area contributed by atoms with Crippen molar-refractivity contribution in [2.45, 2.75) is 27.2 Å². The van der Waals surface area contributed by atoms with Crippen molar-refractivity contribution in [2.24, 2.45) is 10.4 Å². The van der Waals surface area contributed by atoms with Gasteiger partial charge in [-0.1, -0.05) is 44.2 Å². The summed E-state index contributed by atoms with van der Waals surface area (Å²) in [5.74, 6) is 0.829. The van der Waals surface area contributed by atoms with E-state index in [1.54, 1.807) is 7.05 Å². The minimum Gasteiger partial charge on any atom is -0.380 e. The Morgan fingerprint density at radius 2 is 1.90 bits per heavy atom. The smallest absolute Gasteiger partial charge is 0.191 e. The second kappa shape index (κ2) is 9.40. The molecule has 0 spiro atoms. The summed E-state index contributed by atoms with van der Waals surface area (Å²) in [6, 6.07) is 10.6. The number of hydrogen-bond acceptors (Lipinski definition) is 2. The molecule has 21 heavy (non-hydrogen) atoms. The zero-order chi connectivity index (χ0) is 15.6. The van der Waals surface area contributed by atoms with Gasteiger partial charge in [-0.3, -0.25) is 4.99 Å². The van der Waals surface area contributed by atoms with Gasteiger partial charge in [0.25, 0.3) is 0 Å². The molecule has 0 heterocycles. The standard InChI is InChI=1S/C17H29N3O/c1-5-21-12-11-19-16(18-4)20-14-17(2,3)13-15-9-7-6-8-10-15/h6-10H,5,11-14H2,1-4H3,(H2,18,19,20). The second-order valence-corrected chi connectivity index (χ2v) is 5.88. The van der Waals surface area contributed by atoms with E-state index in [1.807, 2.05) is 6.92 Å². The molecule has 0 amide bonds. The van der Waals surface area contributed by atoms with Crippen molar-refractivity contribution < 1.29 is 4.74 Å². The molecular weight excluding hydrogens is 262 g/mol. The summed E-state index contributed by atoms with van der Waals surface area (Å²) in [7, 11) is 1.79. The lowest BCUT2D eigenvalue weighted by Gasteiger charge is -2.26. The molecule has 0 radical (unpaired) electrons. The predicted molar refractivity (Wildman–Crippen MR) is 89.8 cm³/mol. The number of aliphatic imine (C=N–C) groups is 1. The van der Waals surface area contributed by atoms with Gasteiger partial charge < -0.3 is 15.4 Å². The molecule has 0 saturated heterocycles. The molecule has 0 aliphatic rings. The molecule has 0 aromatic heterocycles. The molecule has 1 aromatic rings. The summed E-state index contributed by atoms with van der Waals surface area (Å²) < 4.78 is 5.31. The Morgan fingerprint density at radius 1 is 1.19 bits per heavy atom. The van der Waals surface area contributed by atoms with E-state index < -0.39 is 0 Å². The van der Waals surface area contributed by atoms with Crippen molar-refractivity contribution in [1.29, 1.82) is 0 Å². The Morgan fingerprint density at radius 3 is 2.52 bits per heavy atom. The molecule has 0 fully saturated rings. The Bertz CT molecular complexity index is 415. The van der Waals surface area contributed by atoms with Crippen molar-refractivity contribution in [3.05, 3.63) is 35.9 Å². The van der Waals surface area contributed by atoms with Crippen LogP contribution in [0.5, 0.6) is 0 Å².